The van der Waals surface area contributed by atoms with Crippen LogP contribution in [0.2, 0.25) is 0 Å². The lowest BCUT2D eigenvalue weighted by Crippen LogP contribution is -2.30. The second-order valence-corrected chi connectivity index (χ2v) is 7.59. The van der Waals surface area contributed by atoms with Crippen LogP contribution in [0.15, 0.2) is 54.6 Å². The molecule has 0 saturated heterocycles. The maximum absolute atomic E-state index is 14.1. The lowest BCUT2D eigenvalue weighted by Gasteiger charge is -2.34. The largest absolute Gasteiger partial charge is 0.479 e. The molecule has 5 rings (SSSR count). The highest BCUT2D eigenvalue weighted by molar-refractivity contribution is 6.99. The van der Waals surface area contributed by atoms with Gasteiger partial charge in [0, 0.05) is 23.1 Å². The molecular formula is C22H16F2N4OS. The third-order valence-corrected chi connectivity index (χ3v) is 5.98. The van der Waals surface area contributed by atoms with Crippen LogP contribution < -0.4 is 4.74 Å². The smallest absolute Gasteiger partial charge is 0.255 e. The van der Waals surface area contributed by atoms with Crippen LogP contribution in [-0.4, -0.2) is 26.1 Å². The van der Waals surface area contributed by atoms with Gasteiger partial charge in [0.25, 0.3) is 5.88 Å². The maximum atomic E-state index is 14.1. The van der Waals surface area contributed by atoms with E-state index >= 15 is 0 Å². The highest BCUT2D eigenvalue weighted by Crippen LogP contribution is 2.43. The minimum absolute atomic E-state index is 0.420. The van der Waals surface area contributed by atoms with E-state index in [1.54, 1.807) is 13.2 Å². The van der Waals surface area contributed by atoms with Gasteiger partial charge in [0.15, 0.2) is 17.3 Å². The molecular weight excluding hydrogens is 406 g/mol. The van der Waals surface area contributed by atoms with Gasteiger partial charge in [-0.15, -0.1) is 4.37 Å². The van der Waals surface area contributed by atoms with Gasteiger partial charge in [-0.3, -0.25) is 5.10 Å². The summed E-state index contributed by atoms with van der Waals surface area (Å²) in [5.41, 5.74) is 3.95. The summed E-state index contributed by atoms with van der Waals surface area (Å²) in [5.74, 6) is -1.32. The number of H-pyrrole nitrogens is 1. The topological polar surface area (TPSA) is 63.7 Å². The molecule has 2 aromatic carbocycles. The summed E-state index contributed by atoms with van der Waals surface area (Å²) in [5, 5.41) is 7.55. The van der Waals surface area contributed by atoms with Crippen LogP contribution in [0.25, 0.3) is 17.5 Å². The van der Waals surface area contributed by atoms with Gasteiger partial charge in [-0.25, -0.2) is 8.78 Å². The lowest BCUT2D eigenvalue weighted by molar-refractivity contribution is 0.403. The number of allylic oxidation sites excluding steroid dienone is 1. The van der Waals surface area contributed by atoms with Crippen LogP contribution >= 0.6 is 11.7 Å². The van der Waals surface area contributed by atoms with Crippen LogP contribution in [0, 0.1) is 11.6 Å². The summed E-state index contributed by atoms with van der Waals surface area (Å²) >= 11 is 1.06. The molecule has 5 nitrogen and oxygen atoms in total. The van der Waals surface area contributed by atoms with Crippen molar-refractivity contribution >= 4 is 17.8 Å². The summed E-state index contributed by atoms with van der Waals surface area (Å²) in [7, 11) is 1.54. The molecule has 0 amide bonds. The molecule has 1 N–H and O–H groups in total. The van der Waals surface area contributed by atoms with Crippen molar-refractivity contribution < 1.29 is 13.5 Å². The zero-order chi connectivity index (χ0) is 20.7. The number of ether oxygens (including phenoxy) is 1. The Morgan fingerprint density at radius 1 is 1.00 bits per heavy atom. The number of fused-ring (bicyclic) bond motifs is 1. The zero-order valence-electron chi connectivity index (χ0n) is 15.9. The van der Waals surface area contributed by atoms with Gasteiger partial charge in [-0.05, 0) is 23.3 Å². The van der Waals surface area contributed by atoms with E-state index in [0.717, 1.165) is 28.5 Å². The molecule has 0 radical (unpaired) electrons. The Bertz CT molecular complexity index is 1250. The fraction of sp³-hybridized carbons (Fsp3) is 0.136. The maximum Gasteiger partial charge on any atom is 0.255 e. The second kappa shape index (κ2) is 7.14. The van der Waals surface area contributed by atoms with Crippen molar-refractivity contribution in [1.82, 2.24) is 18.9 Å². The van der Waals surface area contributed by atoms with Gasteiger partial charge in [0.05, 0.1) is 18.8 Å². The van der Waals surface area contributed by atoms with Gasteiger partial charge in [-0.1, -0.05) is 48.6 Å². The predicted octanol–water partition coefficient (Wildman–Crippen LogP) is 4.77. The van der Waals surface area contributed by atoms with Gasteiger partial charge in [-0.2, -0.15) is 9.47 Å². The van der Waals surface area contributed by atoms with Crippen LogP contribution in [0.3, 0.4) is 0 Å². The lowest BCUT2D eigenvalue weighted by atomic mass is 9.68. The molecule has 2 heterocycles. The highest BCUT2D eigenvalue weighted by atomic mass is 32.1. The Morgan fingerprint density at radius 2 is 1.83 bits per heavy atom. The summed E-state index contributed by atoms with van der Waals surface area (Å²) in [6.07, 6.45) is 4.47. The van der Waals surface area contributed by atoms with Gasteiger partial charge >= 0.3 is 0 Å². The van der Waals surface area contributed by atoms with Gasteiger partial charge in [0.2, 0.25) is 0 Å². The highest BCUT2D eigenvalue weighted by Gasteiger charge is 2.37. The Morgan fingerprint density at radius 3 is 2.60 bits per heavy atom. The summed E-state index contributed by atoms with van der Waals surface area (Å²) < 4.78 is 41.5. The Hall–Kier alpha value is -3.39. The molecule has 30 heavy (non-hydrogen) atoms. The average molecular weight is 422 g/mol. The van der Waals surface area contributed by atoms with Crippen molar-refractivity contribution in [1.29, 1.82) is 0 Å². The van der Waals surface area contributed by atoms with E-state index in [4.69, 9.17) is 4.74 Å². The molecule has 150 valence electrons. The van der Waals surface area contributed by atoms with E-state index in [1.165, 1.54) is 12.1 Å². The first-order valence-corrected chi connectivity index (χ1v) is 10.00. The van der Waals surface area contributed by atoms with Gasteiger partial charge in [0.1, 0.15) is 5.69 Å². The molecule has 1 aliphatic rings. The van der Waals surface area contributed by atoms with Crippen molar-refractivity contribution in [2.75, 3.05) is 7.11 Å². The summed E-state index contributed by atoms with van der Waals surface area (Å²) in [6.45, 7) is 0. The molecule has 0 saturated carbocycles. The number of benzene rings is 2. The SMILES string of the molecule is COc1nsnc1-c1n[nH]c2c1C=CC(c1ccccc1)(c1ccc(F)c(F)c1)C2. The third-order valence-electron chi connectivity index (χ3n) is 5.47. The number of hydrogen-bond donors (Lipinski definition) is 1. The number of aromatic amines is 1. The number of aromatic nitrogens is 4. The quantitative estimate of drug-likeness (QED) is 0.515. The molecule has 8 heteroatoms. The Labute approximate surface area is 175 Å². The van der Waals surface area contributed by atoms with E-state index in [0.29, 0.717) is 29.3 Å². The summed E-state index contributed by atoms with van der Waals surface area (Å²) in [6, 6.07) is 13.8. The molecule has 0 bridgehead atoms. The Kier molecular flexibility index (Phi) is 4.43. The molecule has 0 aliphatic heterocycles. The number of rotatable bonds is 4. The number of nitrogens with one attached hydrogen (secondary N) is 1. The van der Waals surface area contributed by atoms with Crippen molar-refractivity contribution in [3.8, 4) is 17.3 Å². The zero-order valence-corrected chi connectivity index (χ0v) is 16.7. The molecule has 2 aromatic heterocycles. The average Bonchev–Trinajstić information content (AvgIpc) is 3.41. The number of nitrogens with zero attached hydrogens (tertiary/aromatic N) is 3. The normalized spacial score (nSPS) is 17.7. The number of hydrogen-bond acceptors (Lipinski definition) is 5. The molecule has 4 aromatic rings. The molecule has 0 spiro atoms. The van der Waals surface area contributed by atoms with Crippen LogP contribution in [-0.2, 0) is 11.8 Å². The molecule has 1 atom stereocenters. The first kappa shape index (κ1) is 18.6. The fourth-order valence-electron chi connectivity index (χ4n) is 3.98. The molecule has 0 fully saturated rings. The minimum atomic E-state index is -0.870. The van der Waals surface area contributed by atoms with Crippen LogP contribution in [0.4, 0.5) is 8.78 Å². The van der Waals surface area contributed by atoms with Crippen molar-refractivity contribution in [2.24, 2.45) is 0 Å². The number of halogens is 2. The first-order chi connectivity index (χ1) is 14.6. The molecule has 1 unspecified atom stereocenters. The van der Waals surface area contributed by atoms with Crippen LogP contribution in [0.1, 0.15) is 22.4 Å². The van der Waals surface area contributed by atoms with E-state index in [2.05, 4.69) is 18.9 Å². The van der Waals surface area contributed by atoms with Crippen LogP contribution in [0.5, 0.6) is 5.88 Å². The van der Waals surface area contributed by atoms with E-state index < -0.39 is 17.0 Å². The van der Waals surface area contributed by atoms with E-state index in [1.807, 2.05) is 42.5 Å². The van der Waals surface area contributed by atoms with Crippen molar-refractivity contribution in [3.05, 3.63) is 88.6 Å². The van der Waals surface area contributed by atoms with E-state index in [-0.39, 0.29) is 0 Å². The number of methoxy groups -OCH3 is 1. The third kappa shape index (κ3) is 2.83. The van der Waals surface area contributed by atoms with Gasteiger partial charge < -0.3 is 4.74 Å². The second-order valence-electron chi connectivity index (χ2n) is 7.06. The van der Waals surface area contributed by atoms with Crippen molar-refractivity contribution in [2.45, 2.75) is 11.8 Å². The molecule has 1 aliphatic carbocycles. The summed E-state index contributed by atoms with van der Waals surface area (Å²) in [4.78, 5) is 0. The van der Waals surface area contributed by atoms with E-state index in [9.17, 15) is 8.78 Å². The standard InChI is InChI=1S/C22H16F2N4OS/c1-29-21-20(27-30-28-21)19-15-9-10-22(12-18(15)25-26-19,13-5-3-2-4-6-13)14-7-8-16(23)17(24)11-14/h2-11H,12H2,1H3,(H,25,26). The first-order valence-electron chi connectivity index (χ1n) is 9.27. The Balaban J connectivity index is 1.66. The monoisotopic (exact) mass is 422 g/mol. The van der Waals surface area contributed by atoms with Crippen molar-refractivity contribution in [3.63, 3.8) is 0 Å². The minimum Gasteiger partial charge on any atom is -0.479 e. The predicted molar refractivity (Wildman–Crippen MR) is 110 cm³/mol. The fourth-order valence-corrected chi connectivity index (χ4v) is 4.50.